The van der Waals surface area contributed by atoms with E-state index in [1.54, 1.807) is 10.9 Å². The predicted molar refractivity (Wildman–Crippen MR) is 76.4 cm³/mol. The molecule has 0 saturated carbocycles. The highest BCUT2D eigenvalue weighted by molar-refractivity contribution is 6.33. The van der Waals surface area contributed by atoms with Gasteiger partial charge in [0.1, 0.15) is 0 Å². The molecule has 0 fully saturated rings. The summed E-state index contributed by atoms with van der Waals surface area (Å²) in [6, 6.07) is 3.44. The summed E-state index contributed by atoms with van der Waals surface area (Å²) in [5.41, 5.74) is 0.397. The Morgan fingerprint density at radius 2 is 2.05 bits per heavy atom. The van der Waals surface area contributed by atoms with Crippen LogP contribution in [0.25, 0.3) is 0 Å². The Morgan fingerprint density at radius 1 is 1.33 bits per heavy atom. The molecule has 1 heterocycles. The zero-order chi connectivity index (χ0) is 15.6. The number of alkyl halides is 3. The topological polar surface area (TPSA) is 29.9 Å². The number of aromatic nitrogens is 2. The second kappa shape index (κ2) is 5.97. The molecule has 114 valence electrons. The number of benzene rings is 1. The number of hydrogen-bond acceptors (Lipinski definition) is 2. The van der Waals surface area contributed by atoms with E-state index >= 15 is 0 Å². The number of halogens is 4. The van der Waals surface area contributed by atoms with Crippen LogP contribution >= 0.6 is 11.6 Å². The van der Waals surface area contributed by atoms with Crippen molar-refractivity contribution < 1.29 is 13.2 Å². The Morgan fingerprint density at radius 3 is 2.62 bits per heavy atom. The molecule has 2 aromatic rings. The van der Waals surface area contributed by atoms with Gasteiger partial charge in [-0.2, -0.15) is 18.3 Å². The molecule has 21 heavy (non-hydrogen) atoms. The van der Waals surface area contributed by atoms with Crippen LogP contribution in [0.3, 0.4) is 0 Å². The zero-order valence-electron chi connectivity index (χ0n) is 11.6. The molecular formula is C14H15ClF3N3. The Kier molecular flexibility index (Phi) is 4.46. The summed E-state index contributed by atoms with van der Waals surface area (Å²) >= 11 is 5.92. The first-order valence-electron chi connectivity index (χ1n) is 6.41. The Bertz CT molecular complexity index is 620. The molecule has 3 nitrogen and oxygen atoms in total. The smallest absolute Gasteiger partial charge is 0.380 e. The van der Waals surface area contributed by atoms with E-state index in [1.165, 1.54) is 6.07 Å². The lowest BCUT2D eigenvalue weighted by atomic mass is 10.2. The fraction of sp³-hybridized carbons (Fsp3) is 0.357. The third-order valence-corrected chi connectivity index (χ3v) is 3.29. The van der Waals surface area contributed by atoms with E-state index in [0.717, 1.165) is 17.7 Å². The van der Waals surface area contributed by atoms with Gasteiger partial charge in [0.05, 0.1) is 22.5 Å². The van der Waals surface area contributed by atoms with E-state index in [0.29, 0.717) is 6.54 Å². The number of rotatable bonds is 4. The van der Waals surface area contributed by atoms with Crippen molar-refractivity contribution in [1.29, 1.82) is 0 Å². The molecule has 7 heteroatoms. The van der Waals surface area contributed by atoms with Gasteiger partial charge in [0, 0.05) is 24.3 Å². The normalized spacial score (nSPS) is 12.0. The third-order valence-electron chi connectivity index (χ3n) is 2.96. The molecule has 0 aliphatic heterocycles. The highest BCUT2D eigenvalue weighted by atomic mass is 35.5. The van der Waals surface area contributed by atoms with Crippen LogP contribution in [0, 0.1) is 0 Å². The van der Waals surface area contributed by atoms with E-state index in [4.69, 9.17) is 11.6 Å². The predicted octanol–water partition coefficient (Wildman–Crippen LogP) is 4.75. The highest BCUT2D eigenvalue weighted by Gasteiger charge is 2.30. The van der Waals surface area contributed by atoms with E-state index in [2.05, 4.69) is 10.4 Å². The maximum Gasteiger partial charge on any atom is 0.416 e. The molecule has 0 spiro atoms. The van der Waals surface area contributed by atoms with E-state index < -0.39 is 11.7 Å². The van der Waals surface area contributed by atoms with Crippen molar-refractivity contribution in [1.82, 2.24) is 9.78 Å². The summed E-state index contributed by atoms with van der Waals surface area (Å²) in [7, 11) is 0. The molecular weight excluding hydrogens is 303 g/mol. The van der Waals surface area contributed by atoms with Crippen LogP contribution in [0.15, 0.2) is 30.6 Å². The first-order valence-corrected chi connectivity index (χ1v) is 6.79. The van der Waals surface area contributed by atoms with Gasteiger partial charge in [-0.05, 0) is 32.0 Å². The fourth-order valence-electron chi connectivity index (χ4n) is 1.79. The molecule has 0 aliphatic rings. The monoisotopic (exact) mass is 317 g/mol. The van der Waals surface area contributed by atoms with Crippen LogP contribution in [0.1, 0.15) is 31.0 Å². The zero-order valence-corrected chi connectivity index (χ0v) is 12.3. The van der Waals surface area contributed by atoms with Crippen LogP contribution in [0.4, 0.5) is 18.9 Å². The van der Waals surface area contributed by atoms with Crippen molar-refractivity contribution in [3.8, 4) is 0 Å². The molecule has 1 aromatic heterocycles. The minimum absolute atomic E-state index is 0.232. The van der Waals surface area contributed by atoms with E-state index in [9.17, 15) is 13.2 Å². The molecule has 0 amide bonds. The molecule has 1 aromatic carbocycles. The lowest BCUT2D eigenvalue weighted by molar-refractivity contribution is -0.137. The summed E-state index contributed by atoms with van der Waals surface area (Å²) in [6.07, 6.45) is -0.864. The minimum Gasteiger partial charge on any atom is -0.380 e. The lowest BCUT2D eigenvalue weighted by Gasteiger charge is -2.12. The SMILES string of the molecule is CC(C)n1cc(CNc2cc(C(F)(F)F)ccc2Cl)cn1. The molecule has 0 aliphatic carbocycles. The third kappa shape index (κ3) is 3.91. The van der Waals surface area contributed by atoms with Crippen molar-refractivity contribution >= 4 is 17.3 Å². The van der Waals surface area contributed by atoms with Crippen molar-refractivity contribution in [3.63, 3.8) is 0 Å². The van der Waals surface area contributed by atoms with Crippen molar-refractivity contribution in [2.75, 3.05) is 5.32 Å². The molecule has 0 unspecified atom stereocenters. The van der Waals surface area contributed by atoms with Crippen LogP contribution in [0.2, 0.25) is 5.02 Å². The average molecular weight is 318 g/mol. The Balaban J connectivity index is 2.12. The summed E-state index contributed by atoms with van der Waals surface area (Å²) in [4.78, 5) is 0. The van der Waals surface area contributed by atoms with Gasteiger partial charge in [-0.1, -0.05) is 11.6 Å². The molecule has 2 rings (SSSR count). The van der Waals surface area contributed by atoms with Gasteiger partial charge in [0.25, 0.3) is 0 Å². The summed E-state index contributed by atoms with van der Waals surface area (Å²) in [6.45, 7) is 4.34. The molecule has 1 N–H and O–H groups in total. The van der Waals surface area contributed by atoms with Gasteiger partial charge < -0.3 is 5.32 Å². The van der Waals surface area contributed by atoms with Crippen LogP contribution in [-0.2, 0) is 12.7 Å². The number of nitrogens with one attached hydrogen (secondary N) is 1. The van der Waals surface area contributed by atoms with Crippen LogP contribution < -0.4 is 5.32 Å². The summed E-state index contributed by atoms with van der Waals surface area (Å²) < 4.78 is 39.8. The van der Waals surface area contributed by atoms with Gasteiger partial charge in [0.15, 0.2) is 0 Å². The quantitative estimate of drug-likeness (QED) is 0.882. The minimum atomic E-state index is -4.39. The van der Waals surface area contributed by atoms with Gasteiger partial charge in [-0.3, -0.25) is 4.68 Å². The van der Waals surface area contributed by atoms with Crippen LogP contribution in [-0.4, -0.2) is 9.78 Å². The van der Waals surface area contributed by atoms with Crippen molar-refractivity contribution in [2.24, 2.45) is 0 Å². The molecule has 0 radical (unpaired) electrons. The Hall–Kier alpha value is -1.69. The highest BCUT2D eigenvalue weighted by Crippen LogP contribution is 2.33. The summed E-state index contributed by atoms with van der Waals surface area (Å²) in [5.74, 6) is 0. The first kappa shape index (κ1) is 15.7. The first-order chi connectivity index (χ1) is 9.77. The fourth-order valence-corrected chi connectivity index (χ4v) is 1.97. The van der Waals surface area contributed by atoms with Crippen LogP contribution in [0.5, 0.6) is 0 Å². The van der Waals surface area contributed by atoms with Gasteiger partial charge >= 0.3 is 6.18 Å². The van der Waals surface area contributed by atoms with Gasteiger partial charge in [-0.25, -0.2) is 0 Å². The van der Waals surface area contributed by atoms with Crippen molar-refractivity contribution in [2.45, 2.75) is 32.6 Å². The van der Waals surface area contributed by atoms with E-state index in [-0.39, 0.29) is 16.8 Å². The number of anilines is 1. The molecule has 0 saturated heterocycles. The van der Waals surface area contributed by atoms with Gasteiger partial charge in [0.2, 0.25) is 0 Å². The van der Waals surface area contributed by atoms with Gasteiger partial charge in [-0.15, -0.1) is 0 Å². The molecule has 0 atom stereocenters. The second-order valence-corrected chi connectivity index (χ2v) is 5.38. The van der Waals surface area contributed by atoms with Crippen molar-refractivity contribution in [3.05, 3.63) is 46.7 Å². The standard InChI is InChI=1S/C14H15ClF3N3/c1-9(2)21-8-10(7-20-21)6-19-13-5-11(14(16,17)18)3-4-12(13)15/h3-5,7-9,19H,6H2,1-2H3. The largest absolute Gasteiger partial charge is 0.416 e. The lowest BCUT2D eigenvalue weighted by Crippen LogP contribution is -2.07. The number of nitrogens with zero attached hydrogens (tertiary/aromatic N) is 2. The summed E-state index contributed by atoms with van der Waals surface area (Å²) in [5, 5.41) is 7.33. The second-order valence-electron chi connectivity index (χ2n) is 4.97. The molecule has 0 bridgehead atoms. The number of hydrogen-bond donors (Lipinski definition) is 1. The average Bonchev–Trinajstić information content (AvgIpc) is 2.85. The van der Waals surface area contributed by atoms with E-state index in [1.807, 2.05) is 20.0 Å². The Labute approximate surface area is 125 Å². The maximum atomic E-state index is 12.7. The maximum absolute atomic E-state index is 12.7.